The van der Waals surface area contributed by atoms with E-state index in [2.05, 4.69) is 0 Å². The number of hydrogen-bond donors (Lipinski definition) is 1. The van der Waals surface area contributed by atoms with E-state index in [0.29, 0.717) is 12.2 Å². The highest BCUT2D eigenvalue weighted by Crippen LogP contribution is 2.22. The molecule has 0 aliphatic rings. The van der Waals surface area contributed by atoms with E-state index in [1.54, 1.807) is 24.3 Å². The van der Waals surface area contributed by atoms with Gasteiger partial charge in [-0.3, -0.25) is 0 Å². The average molecular weight is 262 g/mol. The third-order valence-electron chi connectivity index (χ3n) is 2.52. The molecule has 1 atom stereocenters. The van der Waals surface area contributed by atoms with Gasteiger partial charge in [-0.1, -0.05) is 19.1 Å². The number of rotatable bonds is 6. The molecule has 0 aromatic heterocycles. The monoisotopic (exact) mass is 262 g/mol. The van der Waals surface area contributed by atoms with E-state index in [4.69, 9.17) is 4.74 Å². The molecule has 1 rings (SSSR count). The molecule has 0 spiro atoms. The number of benzene rings is 1. The molecule has 1 aromatic rings. The first-order valence-corrected chi connectivity index (χ1v) is 5.90. The Morgan fingerprint density at radius 2 is 1.83 bits per heavy atom. The number of hydrogen-bond acceptors (Lipinski definition) is 2. The van der Waals surface area contributed by atoms with Gasteiger partial charge in [0, 0.05) is 6.42 Å². The molecule has 1 aromatic carbocycles. The summed E-state index contributed by atoms with van der Waals surface area (Å²) in [6, 6.07) is 6.74. The van der Waals surface area contributed by atoms with E-state index in [9.17, 15) is 18.3 Å². The second-order valence-corrected chi connectivity index (χ2v) is 4.06. The molecule has 0 saturated carbocycles. The fourth-order valence-electron chi connectivity index (χ4n) is 1.48. The Labute approximate surface area is 104 Å². The molecule has 18 heavy (non-hydrogen) atoms. The molecule has 0 aliphatic carbocycles. The van der Waals surface area contributed by atoms with E-state index >= 15 is 0 Å². The summed E-state index contributed by atoms with van der Waals surface area (Å²) in [6.07, 6.45) is -4.91. The molecule has 0 bridgehead atoms. The minimum absolute atomic E-state index is 0.0369. The number of alkyl halides is 3. The van der Waals surface area contributed by atoms with Gasteiger partial charge in [0.05, 0.1) is 12.7 Å². The van der Waals surface area contributed by atoms with Gasteiger partial charge in [0.1, 0.15) is 5.75 Å². The minimum atomic E-state index is -4.13. The number of aliphatic hydroxyl groups excluding tert-OH is 1. The van der Waals surface area contributed by atoms with Crippen molar-refractivity contribution in [2.75, 3.05) is 6.61 Å². The van der Waals surface area contributed by atoms with Crippen LogP contribution in [-0.4, -0.2) is 17.9 Å². The van der Waals surface area contributed by atoms with Crippen LogP contribution >= 0.6 is 0 Å². The molecular formula is C13H17F3O2. The fourth-order valence-corrected chi connectivity index (χ4v) is 1.48. The lowest BCUT2D eigenvalue weighted by Crippen LogP contribution is -2.09. The lowest BCUT2D eigenvalue weighted by atomic mass is 10.1. The molecule has 0 saturated heterocycles. The summed E-state index contributed by atoms with van der Waals surface area (Å²) < 4.78 is 40.8. The van der Waals surface area contributed by atoms with Gasteiger partial charge in [0.15, 0.2) is 0 Å². The number of halogens is 3. The Kier molecular flexibility index (Phi) is 5.47. The zero-order valence-corrected chi connectivity index (χ0v) is 10.2. The van der Waals surface area contributed by atoms with Gasteiger partial charge >= 0.3 is 6.18 Å². The highest BCUT2D eigenvalue weighted by molar-refractivity contribution is 5.28. The minimum Gasteiger partial charge on any atom is -0.494 e. The van der Waals surface area contributed by atoms with Crippen molar-refractivity contribution in [1.82, 2.24) is 0 Å². The van der Waals surface area contributed by atoms with Gasteiger partial charge in [0.25, 0.3) is 0 Å². The zero-order valence-electron chi connectivity index (χ0n) is 10.2. The van der Waals surface area contributed by atoms with Crippen LogP contribution < -0.4 is 4.74 Å². The fraction of sp³-hybridized carbons (Fsp3) is 0.538. The summed E-state index contributed by atoms with van der Waals surface area (Å²) in [7, 11) is 0. The van der Waals surface area contributed by atoms with Crippen molar-refractivity contribution in [3.63, 3.8) is 0 Å². The van der Waals surface area contributed by atoms with Crippen molar-refractivity contribution in [2.45, 2.75) is 38.5 Å². The van der Waals surface area contributed by atoms with Gasteiger partial charge in [0.2, 0.25) is 0 Å². The smallest absolute Gasteiger partial charge is 0.389 e. The highest BCUT2D eigenvalue weighted by atomic mass is 19.4. The Morgan fingerprint density at radius 1 is 1.22 bits per heavy atom. The van der Waals surface area contributed by atoms with Crippen LogP contribution in [0.5, 0.6) is 5.75 Å². The van der Waals surface area contributed by atoms with Crippen LogP contribution in [0, 0.1) is 0 Å². The Bertz CT molecular complexity index is 346. The quantitative estimate of drug-likeness (QED) is 0.789. The molecule has 0 heterocycles. The molecule has 5 heteroatoms. The number of ether oxygens (including phenoxy) is 1. The van der Waals surface area contributed by atoms with Crippen LogP contribution in [0.4, 0.5) is 13.2 Å². The van der Waals surface area contributed by atoms with Crippen molar-refractivity contribution in [2.24, 2.45) is 0 Å². The normalized spacial score (nSPS) is 13.4. The van der Waals surface area contributed by atoms with Crippen molar-refractivity contribution < 1.29 is 23.0 Å². The third kappa shape index (κ3) is 5.40. The van der Waals surface area contributed by atoms with Crippen molar-refractivity contribution in [1.29, 1.82) is 0 Å². The van der Waals surface area contributed by atoms with Gasteiger partial charge in [-0.15, -0.1) is 0 Å². The molecule has 2 nitrogen and oxygen atoms in total. The van der Waals surface area contributed by atoms with E-state index in [1.807, 2.05) is 6.92 Å². The maximum absolute atomic E-state index is 11.9. The van der Waals surface area contributed by atoms with E-state index < -0.39 is 18.7 Å². The van der Waals surface area contributed by atoms with Gasteiger partial charge < -0.3 is 9.84 Å². The Hall–Kier alpha value is -1.23. The highest BCUT2D eigenvalue weighted by Gasteiger charge is 2.26. The lowest BCUT2D eigenvalue weighted by molar-refractivity contribution is -0.136. The average Bonchev–Trinajstić information content (AvgIpc) is 2.33. The molecule has 1 N–H and O–H groups in total. The second-order valence-electron chi connectivity index (χ2n) is 4.06. The van der Waals surface area contributed by atoms with Crippen molar-refractivity contribution >= 4 is 0 Å². The van der Waals surface area contributed by atoms with Gasteiger partial charge in [-0.2, -0.15) is 13.2 Å². The molecular weight excluding hydrogens is 245 g/mol. The molecule has 0 fully saturated rings. The van der Waals surface area contributed by atoms with Crippen molar-refractivity contribution in [3.05, 3.63) is 29.8 Å². The Balaban J connectivity index is 2.35. The third-order valence-corrected chi connectivity index (χ3v) is 2.52. The second kappa shape index (κ2) is 6.64. The summed E-state index contributed by atoms with van der Waals surface area (Å²) >= 11 is 0. The molecule has 0 radical (unpaired) electrons. The summed E-state index contributed by atoms with van der Waals surface area (Å²) in [6.45, 7) is 1.90. The summed E-state index contributed by atoms with van der Waals surface area (Å²) in [5.74, 6) is 0.518. The van der Waals surface area contributed by atoms with Crippen molar-refractivity contribution in [3.8, 4) is 5.75 Å². The van der Waals surface area contributed by atoms with Crippen LogP contribution in [0.1, 0.15) is 37.9 Å². The van der Waals surface area contributed by atoms with Crippen LogP contribution in [-0.2, 0) is 0 Å². The maximum Gasteiger partial charge on any atom is 0.389 e. The molecule has 0 aliphatic heterocycles. The summed E-state index contributed by atoms with van der Waals surface area (Å²) in [5.41, 5.74) is 0.778. The molecule has 0 amide bonds. The van der Waals surface area contributed by atoms with Gasteiger partial charge in [-0.05, 0) is 30.5 Å². The zero-order chi connectivity index (χ0) is 13.6. The predicted molar refractivity (Wildman–Crippen MR) is 62.5 cm³/mol. The van der Waals surface area contributed by atoms with Crippen LogP contribution in [0.3, 0.4) is 0 Å². The van der Waals surface area contributed by atoms with Gasteiger partial charge in [-0.25, -0.2) is 0 Å². The Morgan fingerprint density at radius 3 is 2.33 bits per heavy atom. The first-order valence-electron chi connectivity index (χ1n) is 5.90. The maximum atomic E-state index is 11.9. The topological polar surface area (TPSA) is 29.5 Å². The standard InChI is InChI=1S/C13H17F3O2/c1-2-12(17)10-4-6-11(7-5-10)18-9-3-8-13(14,15)16/h4-7,12,17H,2-3,8-9H2,1H3/t12-/m1/s1. The summed E-state index contributed by atoms with van der Waals surface area (Å²) in [4.78, 5) is 0. The van der Waals surface area contributed by atoms with E-state index in [0.717, 1.165) is 5.56 Å². The van der Waals surface area contributed by atoms with Crippen LogP contribution in [0.2, 0.25) is 0 Å². The first-order chi connectivity index (χ1) is 8.42. The predicted octanol–water partition coefficient (Wildman–Crippen LogP) is 3.85. The van der Waals surface area contributed by atoms with Crippen LogP contribution in [0.15, 0.2) is 24.3 Å². The van der Waals surface area contributed by atoms with E-state index in [1.165, 1.54) is 0 Å². The first kappa shape index (κ1) is 14.8. The molecule has 0 unspecified atom stereocenters. The lowest BCUT2D eigenvalue weighted by Gasteiger charge is -2.10. The van der Waals surface area contributed by atoms with Crippen LogP contribution in [0.25, 0.3) is 0 Å². The largest absolute Gasteiger partial charge is 0.494 e. The number of aliphatic hydroxyl groups is 1. The SMILES string of the molecule is CC[C@@H](O)c1ccc(OCCCC(F)(F)F)cc1. The van der Waals surface area contributed by atoms with E-state index in [-0.39, 0.29) is 13.0 Å². The summed E-state index contributed by atoms with van der Waals surface area (Å²) in [5, 5.41) is 9.56. The molecule has 102 valence electrons.